The summed E-state index contributed by atoms with van der Waals surface area (Å²) in [5.74, 6) is 0.218. The molecular formula is C19H23N3O2. The number of aromatic hydroxyl groups is 1. The van der Waals surface area contributed by atoms with Crippen LogP contribution in [0.5, 0.6) is 5.75 Å². The minimum absolute atomic E-state index is 0.0479. The Morgan fingerprint density at radius 3 is 2.62 bits per heavy atom. The van der Waals surface area contributed by atoms with Crippen LogP contribution in [0.1, 0.15) is 12.0 Å². The number of urea groups is 1. The number of rotatable bonds is 3. The van der Waals surface area contributed by atoms with Crippen LogP contribution in [0.25, 0.3) is 0 Å². The molecule has 0 aromatic heterocycles. The summed E-state index contributed by atoms with van der Waals surface area (Å²) in [5, 5.41) is 12.4. The third kappa shape index (κ3) is 4.19. The second kappa shape index (κ2) is 7.73. The largest absolute Gasteiger partial charge is 0.508 e. The summed E-state index contributed by atoms with van der Waals surface area (Å²) in [6.07, 6.45) is 0.953. The van der Waals surface area contributed by atoms with E-state index >= 15 is 0 Å². The van der Waals surface area contributed by atoms with Gasteiger partial charge in [-0.25, -0.2) is 4.79 Å². The van der Waals surface area contributed by atoms with E-state index in [4.69, 9.17) is 0 Å². The average molecular weight is 325 g/mol. The summed E-state index contributed by atoms with van der Waals surface area (Å²) < 4.78 is 0. The maximum Gasteiger partial charge on any atom is 0.317 e. The van der Waals surface area contributed by atoms with Crippen molar-refractivity contribution in [3.63, 3.8) is 0 Å². The monoisotopic (exact) mass is 325 g/mol. The molecule has 5 nitrogen and oxygen atoms in total. The first kappa shape index (κ1) is 16.2. The van der Waals surface area contributed by atoms with Gasteiger partial charge in [0.1, 0.15) is 5.75 Å². The van der Waals surface area contributed by atoms with Crippen LogP contribution in [0.3, 0.4) is 0 Å². The SMILES string of the molecule is O=C(NCc1cccc(O)c1)N1CCCN(c2ccccc2)CC1. The Balaban J connectivity index is 1.53. The fourth-order valence-corrected chi connectivity index (χ4v) is 2.97. The summed E-state index contributed by atoms with van der Waals surface area (Å²) in [7, 11) is 0. The number of amides is 2. The Labute approximate surface area is 142 Å². The van der Waals surface area contributed by atoms with Gasteiger partial charge < -0.3 is 20.2 Å². The molecule has 3 rings (SSSR count). The highest BCUT2D eigenvalue weighted by atomic mass is 16.3. The van der Waals surface area contributed by atoms with Crippen molar-refractivity contribution in [2.45, 2.75) is 13.0 Å². The molecule has 1 aliphatic rings. The first-order chi connectivity index (χ1) is 11.7. The summed E-state index contributed by atoms with van der Waals surface area (Å²) >= 11 is 0. The van der Waals surface area contributed by atoms with E-state index in [2.05, 4.69) is 22.3 Å². The van der Waals surface area contributed by atoms with E-state index in [-0.39, 0.29) is 11.8 Å². The third-order valence-corrected chi connectivity index (χ3v) is 4.26. The molecule has 126 valence electrons. The lowest BCUT2D eigenvalue weighted by Gasteiger charge is -2.24. The van der Waals surface area contributed by atoms with Crippen LogP contribution in [0.2, 0.25) is 0 Å². The number of benzene rings is 2. The van der Waals surface area contributed by atoms with Crippen molar-refractivity contribution < 1.29 is 9.90 Å². The number of carbonyl (C=O) groups excluding carboxylic acids is 1. The molecular weight excluding hydrogens is 302 g/mol. The first-order valence-corrected chi connectivity index (χ1v) is 8.33. The van der Waals surface area contributed by atoms with Crippen molar-refractivity contribution >= 4 is 11.7 Å². The van der Waals surface area contributed by atoms with Crippen LogP contribution in [0.15, 0.2) is 54.6 Å². The molecule has 2 amide bonds. The Morgan fingerprint density at radius 2 is 1.83 bits per heavy atom. The Morgan fingerprint density at radius 1 is 1.00 bits per heavy atom. The number of carbonyl (C=O) groups is 1. The van der Waals surface area contributed by atoms with Gasteiger partial charge in [-0.05, 0) is 36.2 Å². The predicted molar refractivity (Wildman–Crippen MR) is 95.2 cm³/mol. The van der Waals surface area contributed by atoms with Crippen LogP contribution >= 0.6 is 0 Å². The van der Waals surface area contributed by atoms with Gasteiger partial charge in [0.25, 0.3) is 0 Å². The molecule has 1 aliphatic heterocycles. The van der Waals surface area contributed by atoms with E-state index in [0.29, 0.717) is 13.1 Å². The number of nitrogens with zero attached hydrogens (tertiary/aromatic N) is 2. The zero-order chi connectivity index (χ0) is 16.8. The standard InChI is InChI=1S/C19H23N3O2/c23-18-9-4-6-16(14-18)15-20-19(24)22-11-5-10-21(12-13-22)17-7-2-1-3-8-17/h1-4,6-9,14,23H,5,10-13,15H2,(H,20,24). The van der Waals surface area contributed by atoms with Crippen molar-refractivity contribution in [3.8, 4) is 5.75 Å². The molecule has 0 atom stereocenters. The van der Waals surface area contributed by atoms with Gasteiger partial charge in [0.2, 0.25) is 0 Å². The Kier molecular flexibility index (Phi) is 5.21. The van der Waals surface area contributed by atoms with Crippen molar-refractivity contribution in [3.05, 3.63) is 60.2 Å². The van der Waals surface area contributed by atoms with E-state index in [0.717, 1.165) is 31.6 Å². The van der Waals surface area contributed by atoms with Gasteiger partial charge in [0, 0.05) is 38.4 Å². The summed E-state index contributed by atoms with van der Waals surface area (Å²) in [4.78, 5) is 16.6. The van der Waals surface area contributed by atoms with E-state index < -0.39 is 0 Å². The number of phenolic OH excluding ortho intramolecular Hbond substituents is 1. The van der Waals surface area contributed by atoms with Gasteiger partial charge in [0.05, 0.1) is 0 Å². The van der Waals surface area contributed by atoms with Crippen molar-refractivity contribution in [2.75, 3.05) is 31.1 Å². The maximum atomic E-state index is 12.4. The molecule has 0 radical (unpaired) electrons. The van der Waals surface area contributed by atoms with E-state index in [1.807, 2.05) is 29.2 Å². The minimum atomic E-state index is -0.0479. The quantitative estimate of drug-likeness (QED) is 0.912. The van der Waals surface area contributed by atoms with Gasteiger partial charge in [0.15, 0.2) is 0 Å². The Bertz CT molecular complexity index is 675. The van der Waals surface area contributed by atoms with E-state index in [1.165, 1.54) is 5.69 Å². The summed E-state index contributed by atoms with van der Waals surface area (Å²) in [6.45, 7) is 3.69. The molecule has 0 unspecified atom stereocenters. The minimum Gasteiger partial charge on any atom is -0.508 e. The molecule has 0 aliphatic carbocycles. The molecule has 2 aromatic carbocycles. The second-order valence-corrected chi connectivity index (χ2v) is 5.99. The molecule has 1 saturated heterocycles. The molecule has 5 heteroatoms. The fourth-order valence-electron chi connectivity index (χ4n) is 2.97. The molecule has 2 N–H and O–H groups in total. The summed E-state index contributed by atoms with van der Waals surface area (Å²) in [6, 6.07) is 17.2. The number of nitrogens with one attached hydrogen (secondary N) is 1. The number of hydrogen-bond acceptors (Lipinski definition) is 3. The number of anilines is 1. The average Bonchev–Trinajstić information content (AvgIpc) is 2.87. The lowest BCUT2D eigenvalue weighted by Crippen LogP contribution is -2.41. The molecule has 1 fully saturated rings. The highest BCUT2D eigenvalue weighted by molar-refractivity contribution is 5.74. The number of para-hydroxylation sites is 1. The number of hydrogen-bond donors (Lipinski definition) is 2. The number of phenols is 1. The topological polar surface area (TPSA) is 55.8 Å². The highest BCUT2D eigenvalue weighted by Gasteiger charge is 2.19. The normalized spacial score (nSPS) is 15.0. The molecule has 0 spiro atoms. The van der Waals surface area contributed by atoms with Crippen LogP contribution < -0.4 is 10.2 Å². The molecule has 2 aromatic rings. The maximum absolute atomic E-state index is 12.4. The molecule has 1 heterocycles. The van der Waals surface area contributed by atoms with Gasteiger partial charge in [-0.15, -0.1) is 0 Å². The molecule has 0 bridgehead atoms. The van der Waals surface area contributed by atoms with Crippen molar-refractivity contribution in [1.29, 1.82) is 0 Å². The van der Waals surface area contributed by atoms with E-state index in [9.17, 15) is 9.90 Å². The van der Waals surface area contributed by atoms with Gasteiger partial charge in [-0.1, -0.05) is 30.3 Å². The fraction of sp³-hybridized carbons (Fsp3) is 0.316. The second-order valence-electron chi connectivity index (χ2n) is 5.99. The van der Waals surface area contributed by atoms with Gasteiger partial charge in [-0.2, -0.15) is 0 Å². The van der Waals surface area contributed by atoms with Crippen molar-refractivity contribution in [2.24, 2.45) is 0 Å². The lowest BCUT2D eigenvalue weighted by atomic mass is 10.2. The predicted octanol–water partition coefficient (Wildman–Crippen LogP) is 2.81. The first-order valence-electron chi connectivity index (χ1n) is 8.33. The molecule has 24 heavy (non-hydrogen) atoms. The van der Waals surface area contributed by atoms with Crippen LogP contribution in [-0.4, -0.2) is 42.2 Å². The van der Waals surface area contributed by atoms with Gasteiger partial charge >= 0.3 is 6.03 Å². The molecule has 0 saturated carbocycles. The van der Waals surface area contributed by atoms with Crippen molar-refractivity contribution in [1.82, 2.24) is 10.2 Å². The van der Waals surface area contributed by atoms with Crippen LogP contribution in [0.4, 0.5) is 10.5 Å². The Hall–Kier alpha value is -2.69. The highest BCUT2D eigenvalue weighted by Crippen LogP contribution is 2.16. The zero-order valence-electron chi connectivity index (χ0n) is 13.7. The summed E-state index contributed by atoms with van der Waals surface area (Å²) in [5.41, 5.74) is 2.10. The van der Waals surface area contributed by atoms with Crippen LogP contribution in [0, 0.1) is 0 Å². The van der Waals surface area contributed by atoms with Gasteiger partial charge in [-0.3, -0.25) is 0 Å². The van der Waals surface area contributed by atoms with Crippen LogP contribution in [-0.2, 0) is 6.54 Å². The lowest BCUT2D eigenvalue weighted by molar-refractivity contribution is 0.201. The van der Waals surface area contributed by atoms with E-state index in [1.54, 1.807) is 18.2 Å². The smallest absolute Gasteiger partial charge is 0.317 e. The zero-order valence-corrected chi connectivity index (χ0v) is 13.7. The third-order valence-electron chi connectivity index (χ3n) is 4.26.